The third-order valence-corrected chi connectivity index (χ3v) is 5.25. The number of hydrogen-bond donors (Lipinski definition) is 1. The third kappa shape index (κ3) is 2.83. The summed E-state index contributed by atoms with van der Waals surface area (Å²) >= 11 is 0. The second-order valence-corrected chi connectivity index (χ2v) is 6.82. The zero-order chi connectivity index (χ0) is 14.9. The Balaban J connectivity index is 2.44. The topological polar surface area (TPSA) is 74.7 Å². The van der Waals surface area contributed by atoms with Gasteiger partial charge >= 0.3 is 5.97 Å². The van der Waals surface area contributed by atoms with E-state index in [1.807, 2.05) is 0 Å². The van der Waals surface area contributed by atoms with Crippen LogP contribution in [0.25, 0.3) is 0 Å². The van der Waals surface area contributed by atoms with Gasteiger partial charge < -0.3 is 5.11 Å². The van der Waals surface area contributed by atoms with Crippen LogP contribution in [0.15, 0.2) is 23.1 Å². The molecule has 1 aromatic carbocycles. The Bertz CT molecular complexity index is 609. The van der Waals surface area contributed by atoms with Crippen molar-refractivity contribution in [1.29, 1.82) is 0 Å². The van der Waals surface area contributed by atoms with E-state index in [0.29, 0.717) is 18.4 Å². The molecule has 110 valence electrons. The zero-order valence-electron chi connectivity index (χ0n) is 11.0. The van der Waals surface area contributed by atoms with Gasteiger partial charge in [0.2, 0.25) is 10.0 Å². The first kappa shape index (κ1) is 14.9. The number of carboxylic acids is 1. The summed E-state index contributed by atoms with van der Waals surface area (Å²) in [6, 6.07) is 2.43. The number of sulfonamides is 1. The molecule has 1 N–H and O–H groups in total. The van der Waals surface area contributed by atoms with E-state index >= 15 is 0 Å². The summed E-state index contributed by atoms with van der Waals surface area (Å²) in [6.07, 6.45) is 1.56. The average molecular weight is 301 g/mol. The maximum Gasteiger partial charge on any atom is 0.322 e. The first-order valence-electron chi connectivity index (χ1n) is 6.34. The van der Waals surface area contributed by atoms with Crippen LogP contribution >= 0.6 is 0 Å². The molecule has 5 nitrogen and oxygen atoms in total. The van der Waals surface area contributed by atoms with Gasteiger partial charge in [-0.15, -0.1) is 0 Å². The highest BCUT2D eigenvalue weighted by Crippen LogP contribution is 2.26. The van der Waals surface area contributed by atoms with Gasteiger partial charge in [-0.05, 0) is 49.9 Å². The number of hydrogen-bond acceptors (Lipinski definition) is 3. The molecule has 1 aliphatic heterocycles. The molecule has 1 heterocycles. The van der Waals surface area contributed by atoms with Crippen molar-refractivity contribution in [1.82, 2.24) is 4.31 Å². The van der Waals surface area contributed by atoms with Crippen LogP contribution in [0.5, 0.6) is 0 Å². The fourth-order valence-corrected chi connectivity index (χ4v) is 4.19. The Labute approximate surface area is 117 Å². The lowest BCUT2D eigenvalue weighted by atomic mass is 10.1. The van der Waals surface area contributed by atoms with Crippen molar-refractivity contribution in [3.63, 3.8) is 0 Å². The highest BCUT2D eigenvalue weighted by Gasteiger charge is 2.37. The van der Waals surface area contributed by atoms with Gasteiger partial charge in [0.05, 0.1) is 4.90 Å². The molecule has 0 saturated carbocycles. The van der Waals surface area contributed by atoms with E-state index in [2.05, 4.69) is 0 Å². The molecule has 0 aliphatic carbocycles. The molecule has 1 atom stereocenters. The van der Waals surface area contributed by atoms with Gasteiger partial charge in [-0.2, -0.15) is 4.31 Å². The fourth-order valence-electron chi connectivity index (χ4n) is 2.43. The number of carboxylic acid groups (broad SMARTS) is 1. The monoisotopic (exact) mass is 301 g/mol. The lowest BCUT2D eigenvalue weighted by Gasteiger charge is -2.31. The van der Waals surface area contributed by atoms with Crippen molar-refractivity contribution in [2.45, 2.75) is 37.1 Å². The van der Waals surface area contributed by atoms with E-state index < -0.39 is 27.9 Å². The molecule has 0 aromatic heterocycles. The van der Waals surface area contributed by atoms with Crippen LogP contribution < -0.4 is 0 Å². The van der Waals surface area contributed by atoms with Crippen LogP contribution in [0.1, 0.15) is 24.8 Å². The van der Waals surface area contributed by atoms with Gasteiger partial charge in [-0.25, -0.2) is 12.8 Å². The van der Waals surface area contributed by atoms with Gasteiger partial charge in [0.25, 0.3) is 0 Å². The van der Waals surface area contributed by atoms with Crippen LogP contribution in [-0.4, -0.2) is 36.4 Å². The minimum atomic E-state index is -3.99. The number of benzene rings is 1. The summed E-state index contributed by atoms with van der Waals surface area (Å²) < 4.78 is 39.4. The Morgan fingerprint density at radius 1 is 1.35 bits per heavy atom. The Morgan fingerprint density at radius 3 is 2.65 bits per heavy atom. The van der Waals surface area contributed by atoms with E-state index in [-0.39, 0.29) is 17.9 Å². The molecule has 2 rings (SSSR count). The largest absolute Gasteiger partial charge is 0.480 e. The lowest BCUT2D eigenvalue weighted by molar-refractivity contribution is -0.142. The van der Waals surface area contributed by atoms with Crippen molar-refractivity contribution >= 4 is 16.0 Å². The van der Waals surface area contributed by atoms with Crippen LogP contribution in [0.4, 0.5) is 4.39 Å². The molecular weight excluding hydrogens is 285 g/mol. The number of aryl methyl sites for hydroxylation is 1. The third-order valence-electron chi connectivity index (χ3n) is 3.36. The molecule has 1 aliphatic rings. The molecule has 0 spiro atoms. The number of piperidine rings is 1. The Kier molecular flexibility index (Phi) is 4.10. The molecule has 0 radical (unpaired) electrons. The molecular formula is C13H16FNO4S. The second-order valence-electron chi connectivity index (χ2n) is 4.93. The van der Waals surface area contributed by atoms with E-state index in [4.69, 9.17) is 5.11 Å². The molecule has 1 aromatic rings. The number of aliphatic carboxylic acids is 1. The van der Waals surface area contributed by atoms with E-state index in [1.54, 1.807) is 6.92 Å². The fraction of sp³-hybridized carbons (Fsp3) is 0.462. The maximum absolute atomic E-state index is 13.4. The van der Waals surface area contributed by atoms with Crippen molar-refractivity contribution < 1.29 is 22.7 Å². The average Bonchev–Trinajstić information content (AvgIpc) is 2.37. The SMILES string of the molecule is Cc1cc(F)cc(S(=O)(=O)N2CCCCC2C(=O)O)c1. The van der Waals surface area contributed by atoms with E-state index in [9.17, 15) is 17.6 Å². The summed E-state index contributed by atoms with van der Waals surface area (Å²) in [5.74, 6) is -1.81. The van der Waals surface area contributed by atoms with Gasteiger partial charge in [-0.1, -0.05) is 0 Å². The molecule has 1 unspecified atom stereocenters. The summed E-state index contributed by atoms with van der Waals surface area (Å²) in [6.45, 7) is 1.74. The van der Waals surface area contributed by atoms with Crippen LogP contribution in [-0.2, 0) is 14.8 Å². The van der Waals surface area contributed by atoms with Crippen molar-refractivity contribution in [3.05, 3.63) is 29.6 Å². The maximum atomic E-state index is 13.4. The zero-order valence-corrected chi connectivity index (χ0v) is 11.9. The van der Waals surface area contributed by atoms with Crippen LogP contribution in [0, 0.1) is 12.7 Å². The van der Waals surface area contributed by atoms with Crippen molar-refractivity contribution in [3.8, 4) is 0 Å². The summed E-state index contributed by atoms with van der Waals surface area (Å²) in [5, 5.41) is 9.15. The summed E-state index contributed by atoms with van der Waals surface area (Å²) in [5.41, 5.74) is 0.479. The Morgan fingerprint density at radius 2 is 2.05 bits per heavy atom. The second kappa shape index (κ2) is 5.49. The first-order chi connectivity index (χ1) is 9.32. The van der Waals surface area contributed by atoms with Gasteiger partial charge in [-0.3, -0.25) is 4.79 Å². The van der Waals surface area contributed by atoms with E-state index in [0.717, 1.165) is 10.4 Å². The van der Waals surface area contributed by atoms with Crippen LogP contribution in [0.3, 0.4) is 0 Å². The predicted octanol–water partition coefficient (Wildman–Crippen LogP) is 1.76. The van der Waals surface area contributed by atoms with Gasteiger partial charge in [0.15, 0.2) is 0 Å². The smallest absolute Gasteiger partial charge is 0.322 e. The quantitative estimate of drug-likeness (QED) is 0.923. The normalized spacial score (nSPS) is 20.8. The minimum Gasteiger partial charge on any atom is -0.480 e. The minimum absolute atomic E-state index is 0.148. The lowest BCUT2D eigenvalue weighted by Crippen LogP contribution is -2.47. The number of nitrogens with zero attached hydrogens (tertiary/aromatic N) is 1. The van der Waals surface area contributed by atoms with Crippen molar-refractivity contribution in [2.24, 2.45) is 0 Å². The van der Waals surface area contributed by atoms with Gasteiger partial charge in [0, 0.05) is 6.54 Å². The molecule has 0 amide bonds. The summed E-state index contributed by atoms with van der Waals surface area (Å²) in [4.78, 5) is 11.0. The number of halogens is 1. The highest BCUT2D eigenvalue weighted by atomic mass is 32.2. The van der Waals surface area contributed by atoms with E-state index in [1.165, 1.54) is 12.1 Å². The molecule has 20 heavy (non-hydrogen) atoms. The predicted molar refractivity (Wildman–Crippen MR) is 70.3 cm³/mol. The molecule has 1 fully saturated rings. The van der Waals surface area contributed by atoms with Crippen LogP contribution in [0.2, 0.25) is 0 Å². The summed E-state index contributed by atoms with van der Waals surface area (Å²) in [7, 11) is -3.99. The number of carbonyl (C=O) groups is 1. The molecule has 7 heteroatoms. The Hall–Kier alpha value is -1.47. The molecule has 0 bridgehead atoms. The number of rotatable bonds is 3. The molecule has 1 saturated heterocycles. The standard InChI is InChI=1S/C13H16FNO4S/c1-9-6-10(14)8-11(7-9)20(18,19)15-5-3-2-4-12(15)13(16)17/h6-8,12H,2-5H2,1H3,(H,16,17). The van der Waals surface area contributed by atoms with Crippen molar-refractivity contribution in [2.75, 3.05) is 6.54 Å². The first-order valence-corrected chi connectivity index (χ1v) is 7.78. The highest BCUT2D eigenvalue weighted by molar-refractivity contribution is 7.89. The van der Waals surface area contributed by atoms with Gasteiger partial charge in [0.1, 0.15) is 11.9 Å².